The summed E-state index contributed by atoms with van der Waals surface area (Å²) in [6.07, 6.45) is 0. The van der Waals surface area contributed by atoms with Crippen molar-refractivity contribution < 1.29 is 0 Å². The van der Waals surface area contributed by atoms with E-state index in [-0.39, 0.29) is 0 Å². The Labute approximate surface area is 36.8 Å². The topological polar surface area (TPSA) is 38.9 Å². The molecule has 0 amide bonds. The average Bonchev–Trinajstić information content (AvgIpc) is 1.30. The van der Waals surface area contributed by atoms with E-state index >= 15 is 0 Å². The van der Waals surface area contributed by atoms with Gasteiger partial charge in [0, 0.05) is 10.5 Å². The number of aromatic nitrogens is 1. The highest BCUT2D eigenvalue weighted by atomic mass is 32.9. The largest absolute Gasteiger partial charge is 0.374 e. The van der Waals surface area contributed by atoms with Gasteiger partial charge in [0.05, 0.1) is 0 Å². The zero-order valence-electron chi connectivity index (χ0n) is 2.34. The molecule has 0 unspecified atom stereocenters. The maximum atomic E-state index is 5.07. The molecule has 0 saturated carbocycles. The average molecular weight is 106 g/mol. The van der Waals surface area contributed by atoms with Crippen molar-refractivity contribution in [2.75, 3.05) is 5.73 Å². The number of hydrogen-bond donors (Lipinski definition) is 1. The quantitative estimate of drug-likeness (QED) is 0.496. The Balaban J connectivity index is 2.83. The van der Waals surface area contributed by atoms with Gasteiger partial charge in [-0.15, -0.1) is 0 Å². The second-order valence-corrected chi connectivity index (χ2v) is 2.45. The van der Waals surface area contributed by atoms with Crippen LogP contribution >= 0.6 is 20.9 Å². The highest BCUT2D eigenvalue weighted by Gasteiger charge is 1.82. The third-order valence-corrected chi connectivity index (χ3v) is 1.93. The Morgan fingerprint density at radius 2 is 2.20 bits per heavy atom. The Morgan fingerprint density at radius 1 is 1.80 bits per heavy atom. The standard InChI is InChI=1S/CH2N2S2/c2-1-3-5-4-1/h(H2,2,3). The Kier molecular flexibility index (Phi) is 0.590. The molecule has 28 valence electrons. The van der Waals surface area contributed by atoms with Crippen molar-refractivity contribution >= 4 is 26.0 Å². The molecule has 0 saturated heterocycles. The SMILES string of the molecule is Nc1nss1. The minimum Gasteiger partial charge on any atom is -0.374 e. The molecule has 1 aromatic rings. The summed E-state index contributed by atoms with van der Waals surface area (Å²) >= 11 is 0. The van der Waals surface area contributed by atoms with Gasteiger partial charge in [-0.05, 0) is 10.3 Å². The molecular formula is CH2N2S2. The summed E-state index contributed by atoms with van der Waals surface area (Å²) in [6.45, 7) is 0. The van der Waals surface area contributed by atoms with Crippen LogP contribution in [0.5, 0.6) is 0 Å². The first-order chi connectivity index (χ1) is 2.39. The van der Waals surface area contributed by atoms with Gasteiger partial charge in [-0.1, -0.05) is 0 Å². The summed E-state index contributed by atoms with van der Waals surface area (Å²) in [7, 11) is 2.93. The lowest BCUT2D eigenvalue weighted by atomic mass is 11.3. The highest BCUT2D eigenvalue weighted by molar-refractivity contribution is 7.70. The highest BCUT2D eigenvalue weighted by Crippen LogP contribution is 2.13. The van der Waals surface area contributed by atoms with Crippen molar-refractivity contribution in [1.82, 2.24) is 4.37 Å². The van der Waals surface area contributed by atoms with E-state index < -0.39 is 0 Å². The van der Waals surface area contributed by atoms with Crippen molar-refractivity contribution in [2.24, 2.45) is 0 Å². The van der Waals surface area contributed by atoms with Crippen molar-refractivity contribution in [3.8, 4) is 0 Å². The molecule has 2 nitrogen and oxygen atoms in total. The van der Waals surface area contributed by atoms with Crippen LogP contribution in [0.2, 0.25) is 0 Å². The first-order valence-electron chi connectivity index (χ1n) is 1.07. The summed E-state index contributed by atoms with van der Waals surface area (Å²) in [6, 6.07) is 0. The van der Waals surface area contributed by atoms with Gasteiger partial charge in [-0.25, -0.2) is 0 Å². The van der Waals surface area contributed by atoms with Crippen LogP contribution in [0.3, 0.4) is 0 Å². The molecule has 1 heterocycles. The molecule has 0 spiro atoms. The lowest BCUT2D eigenvalue weighted by molar-refractivity contribution is 1.60. The Morgan fingerprint density at radius 3 is 2.20 bits per heavy atom. The van der Waals surface area contributed by atoms with Gasteiger partial charge in [-0.3, -0.25) is 0 Å². The van der Waals surface area contributed by atoms with Gasteiger partial charge in [-0.2, -0.15) is 4.37 Å². The molecule has 5 heavy (non-hydrogen) atoms. The lowest BCUT2D eigenvalue weighted by Crippen LogP contribution is -1.82. The van der Waals surface area contributed by atoms with Crippen LogP contribution in [0.4, 0.5) is 5.13 Å². The molecule has 0 radical (unpaired) electrons. The molecule has 1 rings (SSSR count). The summed E-state index contributed by atoms with van der Waals surface area (Å²) in [5, 5.41) is 0.690. The van der Waals surface area contributed by atoms with Crippen LogP contribution in [-0.4, -0.2) is 4.37 Å². The van der Waals surface area contributed by atoms with Crippen LogP contribution in [0, 0.1) is 0 Å². The minimum absolute atomic E-state index is 0.690. The van der Waals surface area contributed by atoms with E-state index in [1.807, 2.05) is 0 Å². The Bertz CT molecular complexity index is 89.8. The fourth-order valence-corrected chi connectivity index (χ4v) is 0.723. The maximum absolute atomic E-state index is 5.07. The van der Waals surface area contributed by atoms with Crippen LogP contribution in [0.25, 0.3) is 0 Å². The first-order valence-corrected chi connectivity index (χ1v) is 3.17. The number of hydrogen-bond acceptors (Lipinski definition) is 4. The van der Waals surface area contributed by atoms with Crippen molar-refractivity contribution in [3.05, 3.63) is 0 Å². The predicted octanol–water partition coefficient (Wildman–Crippen LogP) is 0.787. The molecule has 0 bridgehead atoms. The molecule has 0 aromatic carbocycles. The number of anilines is 1. The molecule has 1 aromatic heterocycles. The minimum atomic E-state index is 0.690. The third-order valence-electron chi connectivity index (χ3n) is 0.250. The van der Waals surface area contributed by atoms with Crippen molar-refractivity contribution in [3.63, 3.8) is 0 Å². The van der Waals surface area contributed by atoms with E-state index in [4.69, 9.17) is 5.73 Å². The number of rotatable bonds is 0. The second kappa shape index (κ2) is 0.948. The number of nitrogen functional groups attached to an aromatic ring is 1. The zero-order valence-corrected chi connectivity index (χ0v) is 3.97. The van der Waals surface area contributed by atoms with E-state index in [2.05, 4.69) is 4.37 Å². The van der Waals surface area contributed by atoms with E-state index in [0.717, 1.165) is 0 Å². The first kappa shape index (κ1) is 3.11. The summed E-state index contributed by atoms with van der Waals surface area (Å²) in [5.74, 6) is 0. The van der Waals surface area contributed by atoms with Gasteiger partial charge in [0.2, 0.25) is 5.13 Å². The van der Waals surface area contributed by atoms with Gasteiger partial charge in [0.25, 0.3) is 0 Å². The molecular weight excluding hydrogens is 104 g/mol. The summed E-state index contributed by atoms with van der Waals surface area (Å²) in [4.78, 5) is 0. The van der Waals surface area contributed by atoms with Crippen LogP contribution in [0.15, 0.2) is 0 Å². The van der Waals surface area contributed by atoms with Gasteiger partial charge < -0.3 is 5.73 Å². The molecule has 4 heteroatoms. The fraction of sp³-hybridized carbons (Fsp3) is 0. The normalized spacial score (nSPS) is 8.80. The fourth-order valence-electron chi connectivity index (χ4n) is 0.0803. The van der Waals surface area contributed by atoms with Crippen LogP contribution < -0.4 is 5.73 Å². The maximum Gasteiger partial charge on any atom is 0.203 e. The summed E-state index contributed by atoms with van der Waals surface area (Å²) < 4.78 is 3.64. The van der Waals surface area contributed by atoms with Gasteiger partial charge in [0.1, 0.15) is 0 Å². The predicted molar refractivity (Wildman–Crippen MR) is 24.4 cm³/mol. The molecule has 0 fully saturated rings. The van der Waals surface area contributed by atoms with E-state index in [9.17, 15) is 0 Å². The summed E-state index contributed by atoms with van der Waals surface area (Å²) in [5.41, 5.74) is 5.07. The number of nitrogens with zero attached hydrogens (tertiary/aromatic N) is 1. The second-order valence-electron chi connectivity index (χ2n) is 0.587. The van der Waals surface area contributed by atoms with Crippen LogP contribution in [0.1, 0.15) is 0 Å². The molecule has 0 atom stereocenters. The van der Waals surface area contributed by atoms with Gasteiger partial charge >= 0.3 is 0 Å². The van der Waals surface area contributed by atoms with Gasteiger partial charge in [0.15, 0.2) is 0 Å². The van der Waals surface area contributed by atoms with Crippen molar-refractivity contribution in [1.29, 1.82) is 0 Å². The third kappa shape index (κ3) is 0.408. The Hall–Kier alpha value is -0.0900. The smallest absolute Gasteiger partial charge is 0.203 e. The number of nitrogens with two attached hydrogens (primary N) is 1. The van der Waals surface area contributed by atoms with Crippen LogP contribution in [-0.2, 0) is 0 Å². The zero-order chi connectivity index (χ0) is 3.70. The van der Waals surface area contributed by atoms with Crippen molar-refractivity contribution in [2.45, 2.75) is 0 Å². The molecule has 0 aliphatic heterocycles. The van der Waals surface area contributed by atoms with E-state index in [1.54, 1.807) is 0 Å². The molecule has 2 N–H and O–H groups in total. The monoisotopic (exact) mass is 106 g/mol. The van der Waals surface area contributed by atoms with E-state index in [0.29, 0.717) is 5.13 Å². The molecule has 0 aliphatic rings. The van der Waals surface area contributed by atoms with E-state index in [1.165, 1.54) is 20.9 Å². The molecule has 0 aliphatic carbocycles. The lowest BCUT2D eigenvalue weighted by Gasteiger charge is -1.82.